The van der Waals surface area contributed by atoms with Crippen LogP contribution in [0.4, 0.5) is 0 Å². The highest BCUT2D eigenvalue weighted by Gasteiger charge is 2.15. The highest BCUT2D eigenvalue weighted by molar-refractivity contribution is 6.30. The normalized spacial score (nSPS) is 12.2. The zero-order valence-corrected chi connectivity index (χ0v) is 13.9. The van der Waals surface area contributed by atoms with Crippen molar-refractivity contribution in [2.45, 2.75) is 6.04 Å². The maximum absolute atomic E-state index is 6.32. The number of hydrogen-bond donors (Lipinski definition) is 1. The summed E-state index contributed by atoms with van der Waals surface area (Å²) in [7, 11) is 0. The van der Waals surface area contributed by atoms with Crippen LogP contribution in [0.2, 0.25) is 5.15 Å². The van der Waals surface area contributed by atoms with Gasteiger partial charge in [0.05, 0.1) is 34.7 Å². The predicted octanol–water partition coefficient (Wildman–Crippen LogP) is 3.79. The van der Waals surface area contributed by atoms with Crippen LogP contribution in [0.1, 0.15) is 17.3 Å². The molecular weight excluding hydrogens is 334 g/mol. The molecule has 2 aromatic carbocycles. The largest absolute Gasteiger partial charge is 0.319 e. The van der Waals surface area contributed by atoms with Gasteiger partial charge in [0, 0.05) is 18.0 Å². The summed E-state index contributed by atoms with van der Waals surface area (Å²) < 4.78 is 0. The van der Waals surface area contributed by atoms with E-state index in [9.17, 15) is 0 Å². The van der Waals surface area contributed by atoms with Crippen molar-refractivity contribution in [2.24, 2.45) is 5.73 Å². The Hall–Kier alpha value is -2.89. The van der Waals surface area contributed by atoms with E-state index in [-0.39, 0.29) is 0 Å². The summed E-state index contributed by atoms with van der Waals surface area (Å²) in [6.07, 6.45) is 4.89. The van der Waals surface area contributed by atoms with Gasteiger partial charge in [-0.2, -0.15) is 0 Å². The molecule has 6 heteroatoms. The zero-order chi connectivity index (χ0) is 17.2. The number of rotatable bonds is 3. The molecule has 0 fully saturated rings. The van der Waals surface area contributed by atoms with E-state index < -0.39 is 6.04 Å². The second-order valence-electron chi connectivity index (χ2n) is 5.58. The molecule has 1 unspecified atom stereocenters. The van der Waals surface area contributed by atoms with Crippen molar-refractivity contribution in [1.29, 1.82) is 0 Å². The number of nitrogens with two attached hydrogens (primary N) is 1. The van der Waals surface area contributed by atoms with Gasteiger partial charge < -0.3 is 5.73 Å². The minimum Gasteiger partial charge on any atom is -0.319 e. The average molecular weight is 348 g/mol. The minimum atomic E-state index is -0.479. The molecule has 1 atom stereocenters. The van der Waals surface area contributed by atoms with Gasteiger partial charge in [-0.1, -0.05) is 48.0 Å². The summed E-state index contributed by atoms with van der Waals surface area (Å²) in [4.78, 5) is 17.5. The third kappa shape index (κ3) is 3.07. The van der Waals surface area contributed by atoms with Crippen LogP contribution >= 0.6 is 11.6 Å². The van der Waals surface area contributed by atoms with Gasteiger partial charge in [0.1, 0.15) is 0 Å². The first-order valence-corrected chi connectivity index (χ1v) is 8.14. The third-order valence-corrected chi connectivity index (χ3v) is 4.26. The molecule has 2 N–H and O–H groups in total. The van der Waals surface area contributed by atoms with Gasteiger partial charge in [0.15, 0.2) is 5.15 Å². The first kappa shape index (κ1) is 15.6. The lowest BCUT2D eigenvalue weighted by molar-refractivity contribution is 0.819. The molecule has 4 rings (SSSR count). The van der Waals surface area contributed by atoms with E-state index in [1.165, 1.54) is 6.20 Å². The van der Waals surface area contributed by atoms with E-state index >= 15 is 0 Å². The monoisotopic (exact) mass is 347 g/mol. The highest BCUT2D eigenvalue weighted by atomic mass is 35.5. The summed E-state index contributed by atoms with van der Waals surface area (Å²) in [5.41, 5.74) is 11.1. The second-order valence-corrected chi connectivity index (χ2v) is 5.94. The zero-order valence-electron chi connectivity index (χ0n) is 13.2. The first-order valence-electron chi connectivity index (χ1n) is 7.76. The maximum Gasteiger partial charge on any atom is 0.152 e. The van der Waals surface area contributed by atoms with Gasteiger partial charge in [-0.3, -0.25) is 9.97 Å². The molecule has 122 valence electrons. The lowest BCUT2D eigenvalue weighted by atomic mass is 10.0. The SMILES string of the molecule is NC(c1ccc2ncc(-c3ccccc3)nc2c1)c1nccnc1Cl. The van der Waals surface area contributed by atoms with E-state index in [2.05, 4.69) is 15.0 Å². The van der Waals surface area contributed by atoms with Crippen molar-refractivity contribution in [3.63, 3.8) is 0 Å². The molecular formula is C19H14ClN5. The first-order chi connectivity index (χ1) is 12.2. The van der Waals surface area contributed by atoms with Crippen LogP contribution in [0.3, 0.4) is 0 Å². The summed E-state index contributed by atoms with van der Waals surface area (Å²) in [5.74, 6) is 0. The van der Waals surface area contributed by atoms with Crippen molar-refractivity contribution in [2.75, 3.05) is 0 Å². The van der Waals surface area contributed by atoms with Crippen molar-refractivity contribution in [3.05, 3.63) is 83.5 Å². The van der Waals surface area contributed by atoms with Gasteiger partial charge in [-0.25, -0.2) is 9.97 Å². The summed E-state index contributed by atoms with van der Waals surface area (Å²) in [5, 5.41) is 0.305. The molecule has 0 amide bonds. The Kier molecular flexibility index (Phi) is 4.09. The summed E-state index contributed by atoms with van der Waals surface area (Å²) in [6, 6.07) is 15.2. The quantitative estimate of drug-likeness (QED) is 0.610. The number of aromatic nitrogens is 4. The van der Waals surface area contributed by atoms with Crippen LogP contribution in [0.15, 0.2) is 67.1 Å². The molecule has 2 aromatic heterocycles. The lowest BCUT2D eigenvalue weighted by Crippen LogP contribution is -2.14. The van der Waals surface area contributed by atoms with Crippen molar-refractivity contribution in [3.8, 4) is 11.3 Å². The van der Waals surface area contributed by atoms with E-state index in [1.54, 1.807) is 12.4 Å². The fraction of sp³-hybridized carbons (Fsp3) is 0.0526. The standard InChI is InChI=1S/C19H14ClN5/c20-19-18(22-8-9-23-19)17(21)13-6-7-14-15(10-13)25-16(11-24-14)12-4-2-1-3-5-12/h1-11,17H,21H2. The second kappa shape index (κ2) is 6.55. The minimum absolute atomic E-state index is 0.305. The maximum atomic E-state index is 6.32. The van der Waals surface area contributed by atoms with Gasteiger partial charge in [0.2, 0.25) is 0 Å². The molecule has 0 radical (unpaired) electrons. The fourth-order valence-electron chi connectivity index (χ4n) is 2.67. The molecule has 0 bridgehead atoms. The Labute approximate surface area is 149 Å². The molecule has 0 aliphatic carbocycles. The molecule has 0 saturated heterocycles. The van der Waals surface area contributed by atoms with Gasteiger partial charge in [-0.05, 0) is 17.7 Å². The van der Waals surface area contributed by atoms with Crippen LogP contribution in [0, 0.1) is 0 Å². The molecule has 25 heavy (non-hydrogen) atoms. The van der Waals surface area contributed by atoms with Crippen molar-refractivity contribution in [1.82, 2.24) is 19.9 Å². The molecule has 0 spiro atoms. The number of hydrogen-bond acceptors (Lipinski definition) is 5. The Bertz CT molecular complexity index is 1040. The lowest BCUT2D eigenvalue weighted by Gasteiger charge is -2.13. The van der Waals surface area contributed by atoms with Gasteiger partial charge in [-0.15, -0.1) is 0 Å². The van der Waals surface area contributed by atoms with E-state index in [1.807, 2.05) is 48.5 Å². The average Bonchev–Trinajstić information content (AvgIpc) is 2.67. The van der Waals surface area contributed by atoms with E-state index in [0.717, 1.165) is 27.9 Å². The third-order valence-electron chi connectivity index (χ3n) is 3.97. The Morgan fingerprint density at radius 2 is 1.68 bits per heavy atom. The van der Waals surface area contributed by atoms with Gasteiger partial charge in [0.25, 0.3) is 0 Å². The number of fused-ring (bicyclic) bond motifs is 1. The van der Waals surface area contributed by atoms with E-state index in [0.29, 0.717) is 10.8 Å². The number of nitrogens with zero attached hydrogens (tertiary/aromatic N) is 4. The van der Waals surface area contributed by atoms with Crippen LogP contribution in [0.5, 0.6) is 0 Å². The fourth-order valence-corrected chi connectivity index (χ4v) is 2.89. The van der Waals surface area contributed by atoms with Crippen LogP contribution in [-0.4, -0.2) is 19.9 Å². The smallest absolute Gasteiger partial charge is 0.152 e. The molecule has 5 nitrogen and oxygen atoms in total. The van der Waals surface area contributed by atoms with Crippen molar-refractivity contribution < 1.29 is 0 Å². The topological polar surface area (TPSA) is 77.6 Å². The van der Waals surface area contributed by atoms with Crippen LogP contribution in [-0.2, 0) is 0 Å². The molecule has 2 heterocycles. The van der Waals surface area contributed by atoms with E-state index in [4.69, 9.17) is 22.3 Å². The van der Waals surface area contributed by atoms with Crippen molar-refractivity contribution >= 4 is 22.6 Å². The predicted molar refractivity (Wildman–Crippen MR) is 98.0 cm³/mol. The number of halogens is 1. The Morgan fingerprint density at radius 3 is 2.48 bits per heavy atom. The Balaban J connectivity index is 1.78. The Morgan fingerprint density at radius 1 is 0.880 bits per heavy atom. The molecule has 0 aliphatic rings. The highest BCUT2D eigenvalue weighted by Crippen LogP contribution is 2.26. The van der Waals surface area contributed by atoms with Gasteiger partial charge >= 0.3 is 0 Å². The molecule has 0 aliphatic heterocycles. The molecule has 4 aromatic rings. The van der Waals surface area contributed by atoms with Crippen LogP contribution in [0.25, 0.3) is 22.3 Å². The van der Waals surface area contributed by atoms with Crippen LogP contribution < -0.4 is 5.73 Å². The summed E-state index contributed by atoms with van der Waals surface area (Å²) >= 11 is 6.11. The molecule has 0 saturated carbocycles. The number of benzene rings is 2. The summed E-state index contributed by atoms with van der Waals surface area (Å²) in [6.45, 7) is 0.